The summed E-state index contributed by atoms with van der Waals surface area (Å²) in [5.74, 6) is 0. The summed E-state index contributed by atoms with van der Waals surface area (Å²) in [5.41, 5.74) is 2.35. The highest BCUT2D eigenvalue weighted by Gasteiger charge is 2.16. The fourth-order valence-corrected chi connectivity index (χ4v) is 4.00. The Morgan fingerprint density at radius 2 is 2.16 bits per heavy atom. The molecule has 1 N–H and O–H groups in total. The van der Waals surface area contributed by atoms with Gasteiger partial charge in [0.15, 0.2) is 4.34 Å². The smallest absolute Gasteiger partial charge is 0.150 e. The number of rotatable bonds is 3. The number of nitrogens with one attached hydrogen (secondary N) is 1. The lowest BCUT2D eigenvalue weighted by atomic mass is 10.1. The van der Waals surface area contributed by atoms with Gasteiger partial charge in [-0.2, -0.15) is 0 Å². The van der Waals surface area contributed by atoms with Gasteiger partial charge in [0.05, 0.1) is 10.2 Å². The molecule has 0 saturated carbocycles. The highest BCUT2D eigenvalue weighted by molar-refractivity contribution is 8.00. The minimum atomic E-state index is 0.613. The quantitative estimate of drug-likeness (QED) is 0.876. The molecule has 0 aliphatic carbocycles. The van der Waals surface area contributed by atoms with Gasteiger partial charge in [-0.25, -0.2) is 4.98 Å². The maximum Gasteiger partial charge on any atom is 0.150 e. The van der Waals surface area contributed by atoms with Gasteiger partial charge < -0.3 is 10.2 Å². The number of thioether (sulfide) groups is 1. The van der Waals surface area contributed by atoms with Gasteiger partial charge in [0.2, 0.25) is 0 Å². The van der Waals surface area contributed by atoms with Gasteiger partial charge in [0, 0.05) is 11.7 Å². The largest absolute Gasteiger partial charge is 0.382 e. The van der Waals surface area contributed by atoms with Crippen LogP contribution in [0.15, 0.2) is 22.5 Å². The van der Waals surface area contributed by atoms with Crippen molar-refractivity contribution in [1.82, 2.24) is 9.88 Å². The lowest BCUT2D eigenvalue weighted by molar-refractivity contribution is 0.264. The fourth-order valence-electron chi connectivity index (χ4n) is 2.47. The first-order valence-electron chi connectivity index (χ1n) is 6.64. The highest BCUT2D eigenvalue weighted by Crippen LogP contribution is 2.30. The molecule has 1 aliphatic rings. The third kappa shape index (κ3) is 3.04. The molecular weight excluding hydrogens is 274 g/mol. The highest BCUT2D eigenvalue weighted by atomic mass is 32.2. The molecule has 3 nitrogen and oxygen atoms in total. The molecule has 102 valence electrons. The second-order valence-corrected chi connectivity index (χ2v) is 7.17. The van der Waals surface area contributed by atoms with E-state index < -0.39 is 0 Å². The monoisotopic (exact) mass is 293 g/mol. The number of thiazole rings is 1. The van der Waals surface area contributed by atoms with E-state index in [0.717, 1.165) is 9.86 Å². The van der Waals surface area contributed by atoms with Gasteiger partial charge in [0.25, 0.3) is 0 Å². The zero-order chi connectivity index (χ0) is 13.2. The summed E-state index contributed by atoms with van der Waals surface area (Å²) in [6.45, 7) is 2.38. The molecule has 0 spiro atoms. The van der Waals surface area contributed by atoms with Gasteiger partial charge in [-0.05, 0) is 57.4 Å². The molecule has 2 aromatic rings. The third-order valence-corrected chi connectivity index (χ3v) is 5.64. The first-order valence-corrected chi connectivity index (χ1v) is 8.68. The molecule has 5 heteroatoms. The molecule has 2 heterocycles. The fraction of sp³-hybridized carbons (Fsp3) is 0.500. The van der Waals surface area contributed by atoms with Crippen LogP contribution in [0.25, 0.3) is 10.2 Å². The SMILES string of the molecule is CSc1nc2ccc(NC3CCN(C)CC3)cc2s1. The van der Waals surface area contributed by atoms with Crippen LogP contribution in [0.3, 0.4) is 0 Å². The van der Waals surface area contributed by atoms with Crippen molar-refractivity contribution in [2.24, 2.45) is 0 Å². The van der Waals surface area contributed by atoms with Crippen molar-refractivity contribution in [3.8, 4) is 0 Å². The van der Waals surface area contributed by atoms with Crippen molar-refractivity contribution in [1.29, 1.82) is 0 Å². The van der Waals surface area contributed by atoms with Gasteiger partial charge in [-0.3, -0.25) is 0 Å². The average molecular weight is 293 g/mol. The van der Waals surface area contributed by atoms with Gasteiger partial charge in [-0.15, -0.1) is 11.3 Å². The molecule has 0 atom stereocenters. The number of nitrogens with zero attached hydrogens (tertiary/aromatic N) is 2. The van der Waals surface area contributed by atoms with Gasteiger partial charge in [-0.1, -0.05) is 11.8 Å². The van der Waals surface area contributed by atoms with Gasteiger partial charge >= 0.3 is 0 Å². The Balaban J connectivity index is 1.74. The van der Waals surface area contributed by atoms with E-state index in [-0.39, 0.29) is 0 Å². The number of benzene rings is 1. The van der Waals surface area contributed by atoms with Crippen LogP contribution in [0.4, 0.5) is 5.69 Å². The van der Waals surface area contributed by atoms with Gasteiger partial charge in [0.1, 0.15) is 0 Å². The van der Waals surface area contributed by atoms with Crippen LogP contribution >= 0.6 is 23.1 Å². The molecule has 0 radical (unpaired) electrons. The van der Waals surface area contributed by atoms with Crippen LogP contribution < -0.4 is 5.32 Å². The summed E-state index contributed by atoms with van der Waals surface area (Å²) in [5, 5.41) is 3.67. The number of anilines is 1. The molecule has 1 aromatic carbocycles. The second-order valence-electron chi connectivity index (χ2n) is 5.09. The maximum atomic E-state index is 4.58. The summed E-state index contributed by atoms with van der Waals surface area (Å²) in [4.78, 5) is 6.97. The lowest BCUT2D eigenvalue weighted by Crippen LogP contribution is -2.36. The summed E-state index contributed by atoms with van der Waals surface area (Å²) in [6.07, 6.45) is 4.54. The molecule has 1 aromatic heterocycles. The van der Waals surface area contributed by atoms with Crippen LogP contribution in [0.1, 0.15) is 12.8 Å². The van der Waals surface area contributed by atoms with Crippen LogP contribution in [0.5, 0.6) is 0 Å². The third-order valence-electron chi connectivity index (χ3n) is 3.63. The molecule has 0 amide bonds. The number of hydrogen-bond acceptors (Lipinski definition) is 5. The van der Waals surface area contributed by atoms with Crippen molar-refractivity contribution in [2.75, 3.05) is 31.7 Å². The number of aromatic nitrogens is 1. The summed E-state index contributed by atoms with van der Waals surface area (Å²) in [7, 11) is 2.20. The van der Waals surface area contributed by atoms with Crippen molar-refractivity contribution >= 4 is 39.0 Å². The first kappa shape index (κ1) is 13.2. The van der Waals surface area contributed by atoms with Crippen LogP contribution in [0.2, 0.25) is 0 Å². The Morgan fingerprint density at radius 1 is 1.37 bits per heavy atom. The molecule has 1 aliphatic heterocycles. The number of hydrogen-bond donors (Lipinski definition) is 1. The Hall–Kier alpha value is -0.780. The van der Waals surface area contributed by atoms with Crippen molar-refractivity contribution in [3.05, 3.63) is 18.2 Å². The molecule has 3 rings (SSSR count). The maximum absolute atomic E-state index is 4.58. The van der Waals surface area contributed by atoms with Crippen molar-refractivity contribution in [3.63, 3.8) is 0 Å². The molecule has 1 fully saturated rings. The zero-order valence-electron chi connectivity index (χ0n) is 11.3. The van der Waals surface area contributed by atoms with Crippen molar-refractivity contribution in [2.45, 2.75) is 23.2 Å². The summed E-state index contributed by atoms with van der Waals surface area (Å²) >= 11 is 3.50. The van der Waals surface area contributed by atoms with Crippen LogP contribution in [-0.4, -0.2) is 42.3 Å². The summed E-state index contributed by atoms with van der Waals surface area (Å²) in [6, 6.07) is 7.14. The lowest BCUT2D eigenvalue weighted by Gasteiger charge is -2.30. The normalized spacial score (nSPS) is 18.0. The predicted molar refractivity (Wildman–Crippen MR) is 85.5 cm³/mol. The van der Waals surface area contributed by atoms with E-state index in [1.807, 2.05) is 0 Å². The molecule has 19 heavy (non-hydrogen) atoms. The number of fused-ring (bicyclic) bond motifs is 1. The van der Waals surface area contributed by atoms with Crippen molar-refractivity contribution < 1.29 is 0 Å². The standard InChI is InChI=1S/C14H19N3S2/c1-17-7-5-10(6-8-17)15-11-3-4-12-13(9-11)19-14(16-12)18-2/h3-4,9-10,15H,5-8H2,1-2H3. The molecule has 0 bridgehead atoms. The molecule has 0 unspecified atom stereocenters. The Kier molecular flexibility index (Phi) is 3.96. The Labute approximate surface area is 122 Å². The zero-order valence-corrected chi connectivity index (χ0v) is 13.0. The van der Waals surface area contributed by atoms with E-state index >= 15 is 0 Å². The molecular formula is C14H19N3S2. The number of piperidine rings is 1. The number of likely N-dealkylation sites (tertiary alicyclic amines) is 1. The van der Waals surface area contributed by atoms with E-state index in [2.05, 4.69) is 46.7 Å². The Morgan fingerprint density at radius 3 is 2.89 bits per heavy atom. The minimum Gasteiger partial charge on any atom is -0.382 e. The van der Waals surface area contributed by atoms with Crippen LogP contribution in [-0.2, 0) is 0 Å². The average Bonchev–Trinajstić information content (AvgIpc) is 2.83. The first-order chi connectivity index (χ1) is 9.24. The Bertz CT molecular complexity index is 559. The van der Waals surface area contributed by atoms with E-state index in [1.165, 1.54) is 36.3 Å². The minimum absolute atomic E-state index is 0.613. The van der Waals surface area contributed by atoms with E-state index in [1.54, 1.807) is 23.1 Å². The second kappa shape index (κ2) is 5.69. The molecule has 1 saturated heterocycles. The van der Waals surface area contributed by atoms with E-state index in [4.69, 9.17) is 0 Å². The predicted octanol–water partition coefficient (Wildman–Crippen LogP) is 3.52. The summed E-state index contributed by atoms with van der Waals surface area (Å²) < 4.78 is 2.42. The van der Waals surface area contributed by atoms with Crippen LogP contribution in [0, 0.1) is 0 Å². The van der Waals surface area contributed by atoms with E-state index in [0.29, 0.717) is 6.04 Å². The van der Waals surface area contributed by atoms with E-state index in [9.17, 15) is 0 Å². The topological polar surface area (TPSA) is 28.2 Å².